The molecule has 0 bridgehead atoms. The molecule has 1 aliphatic rings. The fraction of sp³-hybridized carbons (Fsp3) is 0.360. The van der Waals surface area contributed by atoms with Crippen LogP contribution in [0.2, 0.25) is 0 Å². The standard InChI is InChI=1S/C25H31FN6O/c1-17-5-11-20(12-6-17)29-24-23(18-7-9-19(26)10-8-18)30-22-16-31(14-15-32(22)24)25(33)21(28)4-2-3-13-27/h5-12,21,29H,2-4,13-16,27-28H2,1H3/t21-/m0/s1. The maximum absolute atomic E-state index is 13.5. The number of hydrogen-bond acceptors (Lipinski definition) is 5. The lowest BCUT2D eigenvalue weighted by Gasteiger charge is -2.30. The summed E-state index contributed by atoms with van der Waals surface area (Å²) in [5.41, 5.74) is 15.4. The quantitative estimate of drug-likeness (QED) is 0.456. The highest BCUT2D eigenvalue weighted by Crippen LogP contribution is 2.33. The average molecular weight is 451 g/mol. The Kier molecular flexibility index (Phi) is 7.05. The van der Waals surface area contributed by atoms with Crippen molar-refractivity contribution in [2.45, 2.75) is 45.3 Å². The number of aromatic nitrogens is 2. The van der Waals surface area contributed by atoms with Gasteiger partial charge in [-0.25, -0.2) is 9.37 Å². The predicted molar refractivity (Wildman–Crippen MR) is 128 cm³/mol. The number of benzene rings is 2. The van der Waals surface area contributed by atoms with E-state index in [1.807, 2.05) is 31.2 Å². The van der Waals surface area contributed by atoms with E-state index in [2.05, 4.69) is 9.88 Å². The second-order valence-corrected chi connectivity index (χ2v) is 8.53. The van der Waals surface area contributed by atoms with E-state index < -0.39 is 6.04 Å². The molecule has 33 heavy (non-hydrogen) atoms. The van der Waals surface area contributed by atoms with Gasteiger partial charge in [-0.2, -0.15) is 0 Å². The van der Waals surface area contributed by atoms with Crippen LogP contribution in [0, 0.1) is 12.7 Å². The molecule has 0 unspecified atom stereocenters. The lowest BCUT2D eigenvalue weighted by molar-refractivity contribution is -0.134. The molecule has 1 aromatic heterocycles. The normalized spacial score (nSPS) is 14.1. The predicted octanol–water partition coefficient (Wildman–Crippen LogP) is 3.54. The molecule has 5 N–H and O–H groups in total. The molecular formula is C25H31FN6O. The third kappa shape index (κ3) is 5.23. The van der Waals surface area contributed by atoms with Crippen LogP contribution in [0.25, 0.3) is 11.3 Å². The Morgan fingerprint density at radius 1 is 1.12 bits per heavy atom. The molecule has 1 amide bonds. The van der Waals surface area contributed by atoms with Gasteiger partial charge < -0.3 is 26.3 Å². The number of nitrogens with two attached hydrogens (primary N) is 2. The van der Waals surface area contributed by atoms with Crippen molar-refractivity contribution in [2.24, 2.45) is 11.5 Å². The van der Waals surface area contributed by atoms with Crippen LogP contribution in [0.15, 0.2) is 48.5 Å². The molecule has 4 rings (SSSR count). The van der Waals surface area contributed by atoms with Crippen molar-refractivity contribution in [3.05, 3.63) is 65.7 Å². The number of carbonyl (C=O) groups excluding carboxylic acids is 1. The lowest BCUT2D eigenvalue weighted by atomic mass is 10.1. The molecule has 0 saturated carbocycles. The largest absolute Gasteiger partial charge is 0.340 e. The highest BCUT2D eigenvalue weighted by atomic mass is 19.1. The van der Waals surface area contributed by atoms with Gasteiger partial charge in [-0.05, 0) is 62.7 Å². The Balaban J connectivity index is 1.62. The molecule has 0 spiro atoms. The number of amides is 1. The Morgan fingerprint density at radius 3 is 2.55 bits per heavy atom. The van der Waals surface area contributed by atoms with Gasteiger partial charge in [0.2, 0.25) is 5.91 Å². The summed E-state index contributed by atoms with van der Waals surface area (Å²) in [5, 5.41) is 3.49. The Labute approximate surface area is 193 Å². The topological polar surface area (TPSA) is 102 Å². The molecule has 1 aliphatic heterocycles. The molecule has 3 aromatic rings. The van der Waals surface area contributed by atoms with E-state index in [9.17, 15) is 9.18 Å². The van der Waals surface area contributed by atoms with Crippen LogP contribution >= 0.6 is 0 Å². The summed E-state index contributed by atoms with van der Waals surface area (Å²) in [5.74, 6) is 1.26. The molecule has 0 radical (unpaired) electrons. The number of hydrogen-bond donors (Lipinski definition) is 3. The van der Waals surface area contributed by atoms with Crippen LogP contribution in [0.4, 0.5) is 15.9 Å². The molecular weight excluding hydrogens is 419 g/mol. The van der Waals surface area contributed by atoms with Gasteiger partial charge in [-0.15, -0.1) is 0 Å². The summed E-state index contributed by atoms with van der Waals surface area (Å²) in [6.45, 7) is 4.18. The molecule has 7 nitrogen and oxygen atoms in total. The van der Waals surface area contributed by atoms with Crippen LogP contribution in [0.1, 0.15) is 30.7 Å². The summed E-state index contributed by atoms with van der Waals surface area (Å²) in [7, 11) is 0. The van der Waals surface area contributed by atoms with Crippen LogP contribution in [0.5, 0.6) is 0 Å². The number of halogens is 1. The minimum Gasteiger partial charge on any atom is -0.340 e. The third-order valence-corrected chi connectivity index (χ3v) is 6.00. The summed E-state index contributed by atoms with van der Waals surface area (Å²) in [6.07, 6.45) is 2.33. The van der Waals surface area contributed by atoms with Gasteiger partial charge in [0.25, 0.3) is 0 Å². The fourth-order valence-electron chi connectivity index (χ4n) is 4.10. The zero-order valence-corrected chi connectivity index (χ0v) is 18.9. The molecule has 174 valence electrons. The van der Waals surface area contributed by atoms with Crippen molar-refractivity contribution in [3.8, 4) is 11.3 Å². The second kappa shape index (κ2) is 10.1. The maximum Gasteiger partial charge on any atom is 0.239 e. The minimum atomic E-state index is -0.528. The smallest absolute Gasteiger partial charge is 0.239 e. The highest BCUT2D eigenvalue weighted by Gasteiger charge is 2.29. The number of anilines is 2. The summed E-state index contributed by atoms with van der Waals surface area (Å²) in [6, 6.07) is 13.9. The number of unbranched alkanes of at least 4 members (excludes halogenated alkanes) is 1. The van der Waals surface area contributed by atoms with E-state index in [0.717, 1.165) is 41.4 Å². The van der Waals surface area contributed by atoms with Gasteiger partial charge in [0, 0.05) is 24.3 Å². The lowest BCUT2D eigenvalue weighted by Crippen LogP contribution is -2.47. The first-order valence-electron chi connectivity index (χ1n) is 11.4. The first kappa shape index (κ1) is 22.9. The Hall–Kier alpha value is -3.23. The Morgan fingerprint density at radius 2 is 1.85 bits per heavy atom. The number of aryl methyl sites for hydroxylation is 1. The molecule has 0 saturated heterocycles. The van der Waals surface area contributed by atoms with E-state index in [1.165, 1.54) is 17.7 Å². The molecule has 0 aliphatic carbocycles. The second-order valence-electron chi connectivity index (χ2n) is 8.53. The summed E-state index contributed by atoms with van der Waals surface area (Å²) >= 11 is 0. The van der Waals surface area contributed by atoms with Gasteiger partial charge in [0.1, 0.15) is 23.2 Å². The summed E-state index contributed by atoms with van der Waals surface area (Å²) < 4.78 is 15.6. The van der Waals surface area contributed by atoms with Crippen molar-refractivity contribution >= 4 is 17.4 Å². The molecule has 0 fully saturated rings. The number of nitrogens with one attached hydrogen (secondary N) is 1. The van der Waals surface area contributed by atoms with Crippen LogP contribution in [-0.4, -0.2) is 39.5 Å². The first-order chi connectivity index (χ1) is 16.0. The average Bonchev–Trinajstić information content (AvgIpc) is 3.18. The van der Waals surface area contributed by atoms with E-state index in [1.54, 1.807) is 17.0 Å². The number of imidazole rings is 1. The minimum absolute atomic E-state index is 0.0577. The van der Waals surface area contributed by atoms with Crippen molar-refractivity contribution in [1.29, 1.82) is 0 Å². The van der Waals surface area contributed by atoms with Gasteiger partial charge in [-0.1, -0.05) is 24.1 Å². The number of carbonyl (C=O) groups is 1. The van der Waals surface area contributed by atoms with Gasteiger partial charge >= 0.3 is 0 Å². The van der Waals surface area contributed by atoms with Crippen LogP contribution in [-0.2, 0) is 17.9 Å². The van der Waals surface area contributed by atoms with Crippen molar-refractivity contribution in [2.75, 3.05) is 18.4 Å². The summed E-state index contributed by atoms with van der Waals surface area (Å²) in [4.78, 5) is 19.5. The fourth-order valence-corrected chi connectivity index (χ4v) is 4.10. The van der Waals surface area contributed by atoms with Gasteiger partial charge in [0.05, 0.1) is 12.6 Å². The van der Waals surface area contributed by atoms with Crippen molar-refractivity contribution < 1.29 is 9.18 Å². The molecule has 8 heteroatoms. The van der Waals surface area contributed by atoms with Gasteiger partial charge in [-0.3, -0.25) is 4.79 Å². The zero-order chi connectivity index (χ0) is 23.4. The van der Waals surface area contributed by atoms with E-state index in [4.69, 9.17) is 16.5 Å². The van der Waals surface area contributed by atoms with E-state index >= 15 is 0 Å². The van der Waals surface area contributed by atoms with Crippen LogP contribution < -0.4 is 16.8 Å². The van der Waals surface area contributed by atoms with E-state index in [-0.39, 0.29) is 11.7 Å². The monoisotopic (exact) mass is 450 g/mol. The molecule has 1 atom stereocenters. The maximum atomic E-state index is 13.5. The Bertz CT molecular complexity index is 1090. The molecule has 2 heterocycles. The van der Waals surface area contributed by atoms with Crippen molar-refractivity contribution in [3.63, 3.8) is 0 Å². The zero-order valence-electron chi connectivity index (χ0n) is 18.9. The van der Waals surface area contributed by atoms with Crippen molar-refractivity contribution in [1.82, 2.24) is 14.5 Å². The third-order valence-electron chi connectivity index (χ3n) is 6.00. The SMILES string of the molecule is Cc1ccc(Nc2c(-c3ccc(F)cc3)nc3n2CCN(C(=O)[C@@H](N)CCCCN)C3)cc1. The number of fused-ring (bicyclic) bond motifs is 1. The van der Waals surface area contributed by atoms with E-state index in [0.29, 0.717) is 32.6 Å². The van der Waals surface area contributed by atoms with Crippen LogP contribution in [0.3, 0.4) is 0 Å². The number of nitrogens with zero attached hydrogens (tertiary/aromatic N) is 3. The van der Waals surface area contributed by atoms with Gasteiger partial charge in [0.15, 0.2) is 0 Å². The molecule has 2 aromatic carbocycles. The number of rotatable bonds is 8. The highest BCUT2D eigenvalue weighted by molar-refractivity contribution is 5.82. The first-order valence-corrected chi connectivity index (χ1v) is 11.4.